The molecule has 1 aromatic heterocycles. The van der Waals surface area contributed by atoms with Gasteiger partial charge in [-0.1, -0.05) is 5.21 Å². The molecule has 0 aliphatic carbocycles. The molecule has 3 heterocycles. The summed E-state index contributed by atoms with van der Waals surface area (Å²) < 4.78 is 1.75. The third-order valence-corrected chi connectivity index (χ3v) is 4.60. The summed E-state index contributed by atoms with van der Waals surface area (Å²) in [6, 6.07) is 0. The van der Waals surface area contributed by atoms with E-state index >= 15 is 0 Å². The first kappa shape index (κ1) is 16.4. The molecule has 2 saturated heterocycles. The summed E-state index contributed by atoms with van der Waals surface area (Å²) in [5, 5.41) is 21.1. The molecule has 0 aromatic carbocycles. The van der Waals surface area contributed by atoms with Crippen molar-refractivity contribution in [3.05, 3.63) is 11.9 Å². The van der Waals surface area contributed by atoms with Gasteiger partial charge in [-0.15, -0.1) is 5.10 Å². The molecule has 1 amide bonds. The Hall–Kier alpha value is -1.51. The highest BCUT2D eigenvalue weighted by Crippen LogP contribution is 2.13. The van der Waals surface area contributed by atoms with Crippen LogP contribution in [-0.2, 0) is 6.54 Å². The molecule has 23 heavy (non-hydrogen) atoms. The molecule has 8 heteroatoms. The van der Waals surface area contributed by atoms with E-state index in [0.29, 0.717) is 25.2 Å². The Kier molecular flexibility index (Phi) is 5.58. The van der Waals surface area contributed by atoms with Gasteiger partial charge in [0.15, 0.2) is 5.69 Å². The fraction of sp³-hybridized carbons (Fsp3) is 0.800. The SMILES string of the molecule is O=C(c1cn(CCN2CCNCC2)nn1)N1CCCC(O)CC1. The van der Waals surface area contributed by atoms with Gasteiger partial charge in [0, 0.05) is 45.8 Å². The monoisotopic (exact) mass is 322 g/mol. The minimum atomic E-state index is -0.289. The highest BCUT2D eigenvalue weighted by atomic mass is 16.3. The molecular weight excluding hydrogens is 296 g/mol. The largest absolute Gasteiger partial charge is 0.393 e. The Morgan fingerprint density at radius 2 is 2.04 bits per heavy atom. The lowest BCUT2D eigenvalue weighted by atomic mass is 10.2. The molecule has 2 aliphatic heterocycles. The third-order valence-electron chi connectivity index (χ3n) is 4.60. The van der Waals surface area contributed by atoms with E-state index in [-0.39, 0.29) is 12.0 Å². The summed E-state index contributed by atoms with van der Waals surface area (Å²) >= 11 is 0. The normalized spacial score (nSPS) is 23.7. The number of carbonyl (C=O) groups is 1. The lowest BCUT2D eigenvalue weighted by Crippen LogP contribution is -2.44. The van der Waals surface area contributed by atoms with Gasteiger partial charge in [0.05, 0.1) is 18.8 Å². The van der Waals surface area contributed by atoms with Crippen LogP contribution in [0.15, 0.2) is 6.20 Å². The fourth-order valence-corrected chi connectivity index (χ4v) is 3.13. The number of hydrogen-bond acceptors (Lipinski definition) is 6. The van der Waals surface area contributed by atoms with Crippen LogP contribution in [0.3, 0.4) is 0 Å². The number of aliphatic hydroxyl groups is 1. The van der Waals surface area contributed by atoms with Crippen LogP contribution in [-0.4, -0.2) is 87.7 Å². The number of aliphatic hydroxyl groups excluding tert-OH is 1. The zero-order valence-corrected chi connectivity index (χ0v) is 13.5. The second-order valence-corrected chi connectivity index (χ2v) is 6.34. The first-order chi connectivity index (χ1) is 11.2. The molecule has 1 aromatic rings. The van der Waals surface area contributed by atoms with Crippen LogP contribution in [0, 0.1) is 0 Å². The molecule has 128 valence electrons. The zero-order valence-electron chi connectivity index (χ0n) is 13.5. The van der Waals surface area contributed by atoms with Gasteiger partial charge in [-0.2, -0.15) is 0 Å². The molecule has 1 unspecified atom stereocenters. The second kappa shape index (κ2) is 7.85. The highest BCUT2D eigenvalue weighted by Gasteiger charge is 2.22. The van der Waals surface area contributed by atoms with E-state index in [1.165, 1.54) is 0 Å². The maximum atomic E-state index is 12.5. The molecule has 8 nitrogen and oxygen atoms in total. The van der Waals surface area contributed by atoms with Gasteiger partial charge in [-0.3, -0.25) is 14.4 Å². The van der Waals surface area contributed by atoms with Crippen molar-refractivity contribution in [1.29, 1.82) is 0 Å². The lowest BCUT2D eigenvalue weighted by Gasteiger charge is -2.26. The average Bonchev–Trinajstić information content (AvgIpc) is 2.95. The highest BCUT2D eigenvalue weighted by molar-refractivity contribution is 5.91. The Morgan fingerprint density at radius 1 is 1.22 bits per heavy atom. The summed E-state index contributed by atoms with van der Waals surface area (Å²) in [6.07, 6.45) is 3.70. The van der Waals surface area contributed by atoms with Crippen LogP contribution in [0.25, 0.3) is 0 Å². The lowest BCUT2D eigenvalue weighted by molar-refractivity contribution is 0.0747. The van der Waals surface area contributed by atoms with Crippen LogP contribution in [0.4, 0.5) is 0 Å². The van der Waals surface area contributed by atoms with Crippen molar-refractivity contribution in [2.24, 2.45) is 0 Å². The van der Waals surface area contributed by atoms with Crippen LogP contribution in [0.5, 0.6) is 0 Å². The summed E-state index contributed by atoms with van der Waals surface area (Å²) in [4.78, 5) is 16.7. The Bertz CT molecular complexity index is 514. The molecule has 2 fully saturated rings. The predicted octanol–water partition coefficient (Wildman–Crippen LogP) is -0.830. The van der Waals surface area contributed by atoms with E-state index in [1.54, 1.807) is 15.8 Å². The first-order valence-electron chi connectivity index (χ1n) is 8.53. The smallest absolute Gasteiger partial charge is 0.276 e. The van der Waals surface area contributed by atoms with Crippen molar-refractivity contribution < 1.29 is 9.90 Å². The Balaban J connectivity index is 1.52. The van der Waals surface area contributed by atoms with Crippen molar-refractivity contribution in [3.8, 4) is 0 Å². The Morgan fingerprint density at radius 3 is 2.87 bits per heavy atom. The molecule has 2 aliphatic rings. The molecule has 0 saturated carbocycles. The van der Waals surface area contributed by atoms with Gasteiger partial charge in [0.1, 0.15) is 0 Å². The van der Waals surface area contributed by atoms with Crippen molar-refractivity contribution in [1.82, 2.24) is 30.1 Å². The van der Waals surface area contributed by atoms with E-state index in [0.717, 1.165) is 52.1 Å². The minimum Gasteiger partial charge on any atom is -0.393 e. The number of likely N-dealkylation sites (tertiary alicyclic amines) is 1. The minimum absolute atomic E-state index is 0.0764. The van der Waals surface area contributed by atoms with Crippen LogP contribution in [0.1, 0.15) is 29.8 Å². The average molecular weight is 322 g/mol. The van der Waals surface area contributed by atoms with Gasteiger partial charge in [0.25, 0.3) is 5.91 Å². The molecule has 0 bridgehead atoms. The molecule has 1 atom stereocenters. The van der Waals surface area contributed by atoms with Gasteiger partial charge in [-0.25, -0.2) is 0 Å². The zero-order chi connectivity index (χ0) is 16.1. The van der Waals surface area contributed by atoms with E-state index in [4.69, 9.17) is 0 Å². The van der Waals surface area contributed by atoms with E-state index < -0.39 is 0 Å². The summed E-state index contributed by atoms with van der Waals surface area (Å²) in [7, 11) is 0. The van der Waals surface area contributed by atoms with Gasteiger partial charge in [-0.05, 0) is 19.3 Å². The Labute approximate surface area is 136 Å². The summed E-state index contributed by atoms with van der Waals surface area (Å²) in [6.45, 7) is 7.11. The van der Waals surface area contributed by atoms with Crippen molar-refractivity contribution in [2.45, 2.75) is 31.9 Å². The van der Waals surface area contributed by atoms with Crippen LogP contribution >= 0.6 is 0 Å². The van der Waals surface area contributed by atoms with E-state index in [9.17, 15) is 9.90 Å². The van der Waals surface area contributed by atoms with Crippen molar-refractivity contribution >= 4 is 5.91 Å². The predicted molar refractivity (Wildman–Crippen MR) is 85.1 cm³/mol. The number of hydrogen-bond donors (Lipinski definition) is 2. The van der Waals surface area contributed by atoms with E-state index in [1.807, 2.05) is 0 Å². The number of amides is 1. The maximum absolute atomic E-state index is 12.5. The number of rotatable bonds is 4. The molecule has 0 spiro atoms. The van der Waals surface area contributed by atoms with E-state index in [2.05, 4.69) is 20.5 Å². The summed E-state index contributed by atoms with van der Waals surface area (Å²) in [5.74, 6) is -0.0764. The molecule has 2 N–H and O–H groups in total. The van der Waals surface area contributed by atoms with Crippen molar-refractivity contribution in [3.63, 3.8) is 0 Å². The number of nitrogens with zero attached hydrogens (tertiary/aromatic N) is 5. The first-order valence-corrected chi connectivity index (χ1v) is 8.53. The maximum Gasteiger partial charge on any atom is 0.276 e. The van der Waals surface area contributed by atoms with Gasteiger partial charge in [0.2, 0.25) is 0 Å². The van der Waals surface area contributed by atoms with Crippen LogP contribution < -0.4 is 5.32 Å². The van der Waals surface area contributed by atoms with Gasteiger partial charge >= 0.3 is 0 Å². The van der Waals surface area contributed by atoms with Crippen LogP contribution in [0.2, 0.25) is 0 Å². The fourth-order valence-electron chi connectivity index (χ4n) is 3.13. The molecular formula is C15H26N6O2. The summed E-state index contributed by atoms with van der Waals surface area (Å²) in [5.41, 5.74) is 0.404. The number of piperazine rings is 1. The van der Waals surface area contributed by atoms with Crippen molar-refractivity contribution in [2.75, 3.05) is 45.8 Å². The second-order valence-electron chi connectivity index (χ2n) is 6.34. The standard InChI is InChI=1S/C15H26N6O2/c22-13-2-1-6-20(7-3-13)15(23)14-12-21(18-17-14)11-10-19-8-4-16-5-9-19/h12-13,16,22H,1-11H2. The molecule has 3 rings (SSSR count). The quantitative estimate of drug-likeness (QED) is 0.752. The van der Waals surface area contributed by atoms with Gasteiger partial charge < -0.3 is 15.3 Å². The number of aromatic nitrogens is 3. The molecule has 0 radical (unpaired) electrons. The number of nitrogens with one attached hydrogen (secondary N) is 1. The topological polar surface area (TPSA) is 86.5 Å². The number of carbonyl (C=O) groups excluding carboxylic acids is 1. The third kappa shape index (κ3) is 4.49.